The number of amides is 2. The van der Waals surface area contributed by atoms with Crippen LogP contribution in [0.4, 0.5) is 10.1 Å². The molecular weight excluding hydrogens is 343 g/mol. The van der Waals surface area contributed by atoms with Gasteiger partial charge in [-0.05, 0) is 47.4 Å². The molecule has 0 unspecified atom stereocenters. The Morgan fingerprint density at radius 1 is 1.04 bits per heavy atom. The zero-order valence-corrected chi connectivity index (χ0v) is 14.5. The van der Waals surface area contributed by atoms with Crippen LogP contribution in [0.2, 0.25) is 0 Å². The summed E-state index contributed by atoms with van der Waals surface area (Å²) in [5.74, 6) is -1.15. The average Bonchev–Trinajstić information content (AvgIpc) is 3.07. The molecule has 0 saturated carbocycles. The Labute approximate surface area is 156 Å². The lowest BCUT2D eigenvalue weighted by atomic mass is 9.96. The van der Waals surface area contributed by atoms with Crippen LogP contribution in [0.1, 0.15) is 37.4 Å². The van der Waals surface area contributed by atoms with Crippen molar-refractivity contribution in [2.45, 2.75) is 13.0 Å². The normalized spacial score (nSPS) is 12.4. The Bertz CT molecular complexity index is 1030. The van der Waals surface area contributed by atoms with Crippen LogP contribution in [0.25, 0.3) is 0 Å². The molecule has 4 rings (SSSR count). The molecule has 0 aliphatic carbocycles. The van der Waals surface area contributed by atoms with Crippen LogP contribution in [-0.2, 0) is 13.0 Å². The van der Waals surface area contributed by atoms with E-state index in [0.717, 1.165) is 16.7 Å². The van der Waals surface area contributed by atoms with Gasteiger partial charge in [-0.15, -0.1) is 0 Å². The van der Waals surface area contributed by atoms with Gasteiger partial charge in [0.2, 0.25) is 0 Å². The summed E-state index contributed by atoms with van der Waals surface area (Å²) in [6.07, 6.45) is 0.705. The van der Waals surface area contributed by atoms with E-state index in [1.807, 2.05) is 36.4 Å². The molecule has 3 aromatic carbocycles. The zero-order valence-electron chi connectivity index (χ0n) is 14.5. The van der Waals surface area contributed by atoms with Crippen LogP contribution in [0, 0.1) is 5.82 Å². The lowest BCUT2D eigenvalue weighted by molar-refractivity contribution is 0.0966. The van der Waals surface area contributed by atoms with Gasteiger partial charge in [-0.25, -0.2) is 4.39 Å². The monoisotopic (exact) mass is 360 g/mol. The Hall–Kier alpha value is -3.47. The molecule has 2 N–H and O–H groups in total. The van der Waals surface area contributed by atoms with Gasteiger partial charge in [-0.2, -0.15) is 0 Å². The molecule has 0 radical (unpaired) electrons. The first kappa shape index (κ1) is 17.0. The Balaban J connectivity index is 1.66. The quantitative estimate of drug-likeness (QED) is 0.741. The van der Waals surface area contributed by atoms with E-state index < -0.39 is 11.7 Å². The number of hydrogen-bond acceptors (Lipinski definition) is 2. The van der Waals surface area contributed by atoms with Crippen molar-refractivity contribution in [3.8, 4) is 0 Å². The molecule has 0 aromatic heterocycles. The fraction of sp³-hybridized carbons (Fsp3) is 0.0909. The third-order valence-electron chi connectivity index (χ3n) is 4.64. The van der Waals surface area contributed by atoms with Gasteiger partial charge in [-0.1, -0.05) is 42.5 Å². The molecule has 27 heavy (non-hydrogen) atoms. The van der Waals surface area contributed by atoms with Crippen LogP contribution in [-0.4, -0.2) is 11.8 Å². The molecule has 3 aromatic rings. The molecule has 0 bridgehead atoms. The van der Waals surface area contributed by atoms with Crippen LogP contribution in [0.3, 0.4) is 0 Å². The Morgan fingerprint density at radius 3 is 2.63 bits per heavy atom. The largest absolute Gasteiger partial charge is 0.348 e. The fourth-order valence-electron chi connectivity index (χ4n) is 3.32. The van der Waals surface area contributed by atoms with Crippen LogP contribution < -0.4 is 10.6 Å². The van der Waals surface area contributed by atoms with Gasteiger partial charge in [0.25, 0.3) is 11.8 Å². The van der Waals surface area contributed by atoms with Crippen molar-refractivity contribution in [2.75, 3.05) is 5.32 Å². The SMILES string of the molecule is O=C(Nc1ccc(Cc2ccccc2)c2c1C(=O)NC2)c1cccc(F)c1. The lowest BCUT2D eigenvalue weighted by Gasteiger charge is -2.13. The summed E-state index contributed by atoms with van der Waals surface area (Å²) >= 11 is 0. The predicted molar refractivity (Wildman–Crippen MR) is 101 cm³/mol. The molecule has 134 valence electrons. The summed E-state index contributed by atoms with van der Waals surface area (Å²) in [5, 5.41) is 5.56. The lowest BCUT2D eigenvalue weighted by Crippen LogP contribution is -2.17. The molecule has 1 aliphatic heterocycles. The summed E-state index contributed by atoms with van der Waals surface area (Å²) in [7, 11) is 0. The van der Waals surface area contributed by atoms with Gasteiger partial charge in [0.1, 0.15) is 5.82 Å². The van der Waals surface area contributed by atoms with E-state index >= 15 is 0 Å². The number of carbonyl (C=O) groups is 2. The highest BCUT2D eigenvalue weighted by molar-refractivity contribution is 6.10. The van der Waals surface area contributed by atoms with Gasteiger partial charge >= 0.3 is 0 Å². The summed E-state index contributed by atoms with van der Waals surface area (Å²) in [4.78, 5) is 24.8. The molecule has 5 heteroatoms. The van der Waals surface area contributed by atoms with E-state index in [0.29, 0.717) is 24.2 Å². The van der Waals surface area contributed by atoms with Crippen molar-refractivity contribution in [1.29, 1.82) is 0 Å². The van der Waals surface area contributed by atoms with Crippen molar-refractivity contribution in [3.63, 3.8) is 0 Å². The summed E-state index contributed by atoms with van der Waals surface area (Å²) in [6, 6.07) is 19.1. The Morgan fingerprint density at radius 2 is 1.85 bits per heavy atom. The Kier molecular flexibility index (Phi) is 4.42. The highest BCUT2D eigenvalue weighted by Gasteiger charge is 2.26. The van der Waals surface area contributed by atoms with Gasteiger partial charge in [0, 0.05) is 12.1 Å². The van der Waals surface area contributed by atoms with Crippen LogP contribution >= 0.6 is 0 Å². The topological polar surface area (TPSA) is 58.2 Å². The second-order valence-corrected chi connectivity index (χ2v) is 6.44. The third-order valence-corrected chi connectivity index (χ3v) is 4.64. The fourth-order valence-corrected chi connectivity index (χ4v) is 3.32. The molecule has 1 aliphatic rings. The molecule has 0 saturated heterocycles. The molecule has 4 nitrogen and oxygen atoms in total. The van der Waals surface area contributed by atoms with Crippen molar-refractivity contribution in [1.82, 2.24) is 5.32 Å². The second-order valence-electron chi connectivity index (χ2n) is 6.44. The first-order chi connectivity index (χ1) is 13.1. The number of carbonyl (C=O) groups excluding carboxylic acids is 2. The minimum absolute atomic E-state index is 0.204. The molecule has 0 spiro atoms. The second kappa shape index (κ2) is 7.03. The average molecular weight is 360 g/mol. The number of nitrogens with one attached hydrogen (secondary N) is 2. The van der Waals surface area contributed by atoms with Crippen molar-refractivity contribution >= 4 is 17.5 Å². The predicted octanol–water partition coefficient (Wildman–Crippen LogP) is 3.91. The first-order valence-corrected chi connectivity index (χ1v) is 8.65. The molecular formula is C22H17FN2O2. The highest BCUT2D eigenvalue weighted by atomic mass is 19.1. The van der Waals surface area contributed by atoms with Crippen LogP contribution in [0.5, 0.6) is 0 Å². The maximum Gasteiger partial charge on any atom is 0.255 e. The summed E-state index contributed by atoms with van der Waals surface area (Å²) in [5.41, 5.74) is 4.20. The van der Waals surface area contributed by atoms with Gasteiger partial charge in [0.05, 0.1) is 11.3 Å². The van der Waals surface area contributed by atoms with Crippen molar-refractivity contribution < 1.29 is 14.0 Å². The number of anilines is 1. The molecule has 0 fully saturated rings. The third kappa shape index (κ3) is 3.44. The number of fused-ring (bicyclic) bond motifs is 1. The molecule has 2 amide bonds. The highest BCUT2D eigenvalue weighted by Crippen LogP contribution is 2.29. The van der Waals surface area contributed by atoms with E-state index in [1.165, 1.54) is 24.3 Å². The molecule has 1 heterocycles. The zero-order chi connectivity index (χ0) is 18.8. The van der Waals surface area contributed by atoms with Crippen LogP contribution in [0.15, 0.2) is 66.7 Å². The minimum atomic E-state index is -0.483. The van der Waals surface area contributed by atoms with Gasteiger partial charge in [0.15, 0.2) is 0 Å². The number of halogens is 1. The maximum atomic E-state index is 13.4. The first-order valence-electron chi connectivity index (χ1n) is 8.65. The molecule has 0 atom stereocenters. The number of benzene rings is 3. The number of hydrogen-bond donors (Lipinski definition) is 2. The number of rotatable bonds is 4. The van der Waals surface area contributed by atoms with Gasteiger partial charge < -0.3 is 10.6 Å². The maximum absolute atomic E-state index is 13.4. The standard InChI is InChI=1S/C22H17FN2O2/c23-17-8-4-7-16(12-17)21(26)25-19-10-9-15(11-14-5-2-1-3-6-14)18-13-24-22(27)20(18)19/h1-10,12H,11,13H2,(H,24,27)(H,25,26). The van der Waals surface area contributed by atoms with E-state index in [9.17, 15) is 14.0 Å². The van der Waals surface area contributed by atoms with Crippen molar-refractivity contribution in [3.05, 3.63) is 100 Å². The summed E-state index contributed by atoms with van der Waals surface area (Å²) < 4.78 is 13.4. The van der Waals surface area contributed by atoms with E-state index in [4.69, 9.17) is 0 Å². The van der Waals surface area contributed by atoms with Gasteiger partial charge in [-0.3, -0.25) is 9.59 Å². The van der Waals surface area contributed by atoms with Crippen molar-refractivity contribution in [2.24, 2.45) is 0 Å². The van der Waals surface area contributed by atoms with E-state index in [1.54, 1.807) is 6.07 Å². The van der Waals surface area contributed by atoms with E-state index in [-0.39, 0.29) is 11.5 Å². The summed E-state index contributed by atoms with van der Waals surface area (Å²) in [6.45, 7) is 0.431. The smallest absolute Gasteiger partial charge is 0.255 e. The minimum Gasteiger partial charge on any atom is -0.348 e. The van der Waals surface area contributed by atoms with E-state index in [2.05, 4.69) is 10.6 Å².